The lowest BCUT2D eigenvalue weighted by atomic mass is 10.1. The molecule has 1 amide bonds. The van der Waals surface area contributed by atoms with Gasteiger partial charge in [-0.2, -0.15) is 0 Å². The Morgan fingerprint density at radius 1 is 1.30 bits per heavy atom. The van der Waals surface area contributed by atoms with Crippen molar-refractivity contribution in [3.8, 4) is 5.75 Å². The number of hydrogen-bond acceptors (Lipinski definition) is 5. The van der Waals surface area contributed by atoms with Crippen molar-refractivity contribution in [2.75, 3.05) is 5.32 Å². The van der Waals surface area contributed by atoms with Gasteiger partial charge in [0, 0.05) is 22.0 Å². The molecule has 0 unspecified atom stereocenters. The van der Waals surface area contributed by atoms with E-state index in [2.05, 4.69) is 5.32 Å². The van der Waals surface area contributed by atoms with Crippen LogP contribution < -0.4 is 5.32 Å². The normalized spacial score (nSPS) is 12.0. The minimum Gasteiger partial charge on any atom is -0.508 e. The number of ether oxygens (including phenoxy) is 1. The highest BCUT2D eigenvalue weighted by atomic mass is 35.5. The molecule has 0 aliphatic heterocycles. The van der Waals surface area contributed by atoms with Gasteiger partial charge in [0.25, 0.3) is 5.91 Å². The topological polar surface area (TPSA) is 88.8 Å². The molecular formula is C19H15ClFNO5. The Kier molecular flexibility index (Phi) is 5.32. The molecule has 140 valence electrons. The molecule has 27 heavy (non-hydrogen) atoms. The van der Waals surface area contributed by atoms with E-state index in [1.54, 1.807) is 6.07 Å². The van der Waals surface area contributed by atoms with Crippen molar-refractivity contribution in [3.63, 3.8) is 0 Å². The van der Waals surface area contributed by atoms with Gasteiger partial charge in [0.1, 0.15) is 17.1 Å². The number of benzene rings is 2. The van der Waals surface area contributed by atoms with E-state index in [4.69, 9.17) is 20.8 Å². The van der Waals surface area contributed by atoms with Gasteiger partial charge in [0.05, 0.1) is 18.4 Å². The summed E-state index contributed by atoms with van der Waals surface area (Å²) in [5, 5.41) is 12.6. The molecule has 1 heterocycles. The number of phenolic OH excluding ortho intramolecular Hbond substituents is 1. The molecule has 0 spiro atoms. The van der Waals surface area contributed by atoms with E-state index in [0.29, 0.717) is 16.5 Å². The minimum absolute atomic E-state index is 0.0469. The van der Waals surface area contributed by atoms with E-state index in [9.17, 15) is 19.1 Å². The first-order valence-corrected chi connectivity index (χ1v) is 8.36. The van der Waals surface area contributed by atoms with Crippen molar-refractivity contribution in [2.45, 2.75) is 19.4 Å². The Balaban J connectivity index is 1.61. The van der Waals surface area contributed by atoms with Crippen LogP contribution in [0.2, 0.25) is 5.02 Å². The maximum atomic E-state index is 13.7. The number of amides is 1. The highest BCUT2D eigenvalue weighted by Gasteiger charge is 2.20. The van der Waals surface area contributed by atoms with Crippen LogP contribution >= 0.6 is 11.6 Å². The van der Waals surface area contributed by atoms with Crippen molar-refractivity contribution in [1.82, 2.24) is 0 Å². The zero-order chi connectivity index (χ0) is 19.6. The van der Waals surface area contributed by atoms with Gasteiger partial charge in [-0.25, -0.2) is 4.39 Å². The molecule has 2 N–H and O–H groups in total. The lowest BCUT2D eigenvalue weighted by Crippen LogP contribution is -2.30. The van der Waals surface area contributed by atoms with Crippen molar-refractivity contribution < 1.29 is 28.2 Å². The number of esters is 1. The zero-order valence-electron chi connectivity index (χ0n) is 14.2. The van der Waals surface area contributed by atoms with Crippen LogP contribution in [0.15, 0.2) is 47.1 Å². The third kappa shape index (κ3) is 4.38. The average molecular weight is 392 g/mol. The summed E-state index contributed by atoms with van der Waals surface area (Å²) < 4.78 is 24.1. The van der Waals surface area contributed by atoms with Crippen LogP contribution in [0.4, 0.5) is 10.1 Å². The highest BCUT2D eigenvalue weighted by Crippen LogP contribution is 2.25. The Morgan fingerprint density at radius 2 is 2.07 bits per heavy atom. The number of anilines is 1. The Labute approximate surface area is 158 Å². The van der Waals surface area contributed by atoms with E-state index < -0.39 is 23.8 Å². The van der Waals surface area contributed by atoms with Crippen LogP contribution in [0.5, 0.6) is 5.75 Å². The van der Waals surface area contributed by atoms with Crippen LogP contribution in [0.25, 0.3) is 11.0 Å². The molecule has 2 aromatic carbocycles. The van der Waals surface area contributed by atoms with Gasteiger partial charge in [0.2, 0.25) is 0 Å². The molecule has 6 nitrogen and oxygen atoms in total. The van der Waals surface area contributed by atoms with Crippen LogP contribution in [-0.4, -0.2) is 23.1 Å². The van der Waals surface area contributed by atoms with Crippen LogP contribution in [0, 0.1) is 5.82 Å². The number of rotatable bonds is 5. The van der Waals surface area contributed by atoms with Crippen molar-refractivity contribution in [1.29, 1.82) is 0 Å². The second-order valence-electron chi connectivity index (χ2n) is 5.86. The lowest BCUT2D eigenvalue weighted by Gasteiger charge is -2.14. The van der Waals surface area contributed by atoms with Gasteiger partial charge >= 0.3 is 5.97 Å². The number of phenols is 1. The molecule has 0 saturated carbocycles. The first-order valence-electron chi connectivity index (χ1n) is 7.98. The molecule has 8 heteroatoms. The Bertz CT molecular complexity index is 1020. The molecule has 3 rings (SSSR count). The Hall–Kier alpha value is -3.06. The maximum absolute atomic E-state index is 13.7. The maximum Gasteiger partial charge on any atom is 0.311 e. The lowest BCUT2D eigenvalue weighted by molar-refractivity contribution is -0.152. The Morgan fingerprint density at radius 3 is 2.81 bits per heavy atom. The monoisotopic (exact) mass is 391 g/mol. The second kappa shape index (κ2) is 7.67. The zero-order valence-corrected chi connectivity index (χ0v) is 14.9. The summed E-state index contributed by atoms with van der Waals surface area (Å²) in [5.74, 6) is -1.97. The predicted octanol–water partition coefficient (Wildman–Crippen LogP) is 4.04. The molecule has 0 saturated heterocycles. The standard InChI is InChI=1S/C19H15ClFNO5/c1-10(19(25)22-16-5-2-12(20)7-15(16)21)27-18(24)6-11-9-26-17-8-13(23)3-4-14(11)17/h2-5,7-10,23H,6H2,1H3,(H,22,25)/t10-/m0/s1. The fraction of sp³-hybridized carbons (Fsp3) is 0.158. The van der Waals surface area contributed by atoms with E-state index in [1.165, 1.54) is 37.5 Å². The first-order chi connectivity index (χ1) is 12.8. The summed E-state index contributed by atoms with van der Waals surface area (Å²) >= 11 is 5.66. The molecule has 0 aliphatic carbocycles. The second-order valence-corrected chi connectivity index (χ2v) is 6.30. The van der Waals surface area contributed by atoms with Gasteiger partial charge in [0.15, 0.2) is 6.10 Å². The molecular weight excluding hydrogens is 377 g/mol. The molecule has 0 fully saturated rings. The van der Waals surface area contributed by atoms with E-state index >= 15 is 0 Å². The van der Waals surface area contributed by atoms with E-state index in [-0.39, 0.29) is 22.9 Å². The first kappa shape index (κ1) is 18.7. The summed E-state index contributed by atoms with van der Waals surface area (Å²) in [7, 11) is 0. The van der Waals surface area contributed by atoms with Crippen molar-refractivity contribution >= 4 is 40.1 Å². The summed E-state index contributed by atoms with van der Waals surface area (Å²) in [5.41, 5.74) is 0.932. The number of nitrogens with one attached hydrogen (secondary N) is 1. The SMILES string of the molecule is C[C@H](OC(=O)Cc1coc2cc(O)ccc12)C(=O)Nc1ccc(Cl)cc1F. The third-order valence-corrected chi connectivity index (χ3v) is 4.08. The number of aromatic hydroxyl groups is 1. The smallest absolute Gasteiger partial charge is 0.311 e. The van der Waals surface area contributed by atoms with Crippen molar-refractivity contribution in [2.24, 2.45) is 0 Å². The van der Waals surface area contributed by atoms with Crippen molar-refractivity contribution in [3.05, 3.63) is 59.1 Å². The van der Waals surface area contributed by atoms with Gasteiger partial charge in [-0.3, -0.25) is 9.59 Å². The number of carbonyl (C=O) groups excluding carboxylic acids is 2. The molecule has 3 aromatic rings. The number of halogens is 2. The summed E-state index contributed by atoms with van der Waals surface area (Å²) in [6.45, 7) is 1.38. The highest BCUT2D eigenvalue weighted by molar-refractivity contribution is 6.30. The summed E-state index contributed by atoms with van der Waals surface area (Å²) in [6, 6.07) is 8.34. The van der Waals surface area contributed by atoms with E-state index in [0.717, 1.165) is 6.07 Å². The molecule has 0 bridgehead atoms. The number of furan rings is 1. The number of fused-ring (bicyclic) bond motifs is 1. The van der Waals surface area contributed by atoms with Gasteiger partial charge in [-0.1, -0.05) is 11.6 Å². The largest absolute Gasteiger partial charge is 0.508 e. The summed E-state index contributed by atoms with van der Waals surface area (Å²) in [4.78, 5) is 24.2. The summed E-state index contributed by atoms with van der Waals surface area (Å²) in [6.07, 6.45) is 0.138. The van der Waals surface area contributed by atoms with Gasteiger partial charge < -0.3 is 19.6 Å². The number of hydrogen-bond donors (Lipinski definition) is 2. The van der Waals surface area contributed by atoms with E-state index in [1.807, 2.05) is 0 Å². The fourth-order valence-corrected chi connectivity index (χ4v) is 2.64. The fourth-order valence-electron chi connectivity index (χ4n) is 2.48. The van der Waals surface area contributed by atoms with Crippen LogP contribution in [-0.2, 0) is 20.7 Å². The predicted molar refractivity (Wildman–Crippen MR) is 97.2 cm³/mol. The molecule has 1 aromatic heterocycles. The number of carbonyl (C=O) groups is 2. The third-order valence-electron chi connectivity index (χ3n) is 3.84. The van der Waals surface area contributed by atoms with Crippen LogP contribution in [0.1, 0.15) is 12.5 Å². The quantitative estimate of drug-likeness (QED) is 0.641. The van der Waals surface area contributed by atoms with Gasteiger partial charge in [-0.05, 0) is 37.3 Å². The van der Waals surface area contributed by atoms with Gasteiger partial charge in [-0.15, -0.1) is 0 Å². The molecule has 0 aliphatic rings. The molecule has 1 atom stereocenters. The average Bonchev–Trinajstić information content (AvgIpc) is 2.98. The molecule has 0 radical (unpaired) electrons. The minimum atomic E-state index is -1.13. The van der Waals surface area contributed by atoms with Crippen LogP contribution in [0.3, 0.4) is 0 Å².